The fourth-order valence-corrected chi connectivity index (χ4v) is 6.37. The van der Waals surface area contributed by atoms with Crippen molar-refractivity contribution in [3.63, 3.8) is 0 Å². The number of rotatable bonds is 21. The van der Waals surface area contributed by atoms with Gasteiger partial charge in [-0.05, 0) is 74.1 Å². The Morgan fingerprint density at radius 3 is 2.04 bits per heavy atom. The summed E-state index contributed by atoms with van der Waals surface area (Å²) in [6, 6.07) is 12.3. The van der Waals surface area contributed by atoms with Crippen molar-refractivity contribution in [3.8, 4) is 0 Å². The quantitative estimate of drug-likeness (QED) is 0.0646. The molecule has 0 aliphatic heterocycles. The SMILES string of the molecule is CCCCCCCCOC(=O)c1ccc(C(=O)OCCCCCCCC)c(Cc2ccc(C)c(C(=O)NC(C)c3nnc4cc(C(C)(C)C)[nH]n34)c2)c1. The molecule has 0 saturated heterocycles. The number of benzene rings is 2. The van der Waals surface area contributed by atoms with Gasteiger partial charge in [-0.2, -0.15) is 0 Å². The molecule has 10 heteroatoms. The molecule has 4 aromatic rings. The van der Waals surface area contributed by atoms with Crippen LogP contribution < -0.4 is 5.32 Å². The number of hydrogen-bond acceptors (Lipinski definition) is 7. The van der Waals surface area contributed by atoms with E-state index < -0.39 is 18.0 Å². The van der Waals surface area contributed by atoms with Crippen LogP contribution in [0.2, 0.25) is 0 Å². The van der Waals surface area contributed by atoms with Crippen LogP contribution in [0, 0.1) is 6.92 Å². The van der Waals surface area contributed by atoms with Crippen molar-refractivity contribution < 1.29 is 23.9 Å². The molecular weight excluding hydrogens is 667 g/mol. The van der Waals surface area contributed by atoms with Crippen molar-refractivity contribution in [1.29, 1.82) is 0 Å². The van der Waals surface area contributed by atoms with Gasteiger partial charge in [-0.25, -0.2) is 14.1 Å². The number of aromatic amines is 1. The summed E-state index contributed by atoms with van der Waals surface area (Å²) in [5.74, 6) is -0.481. The number of unbranched alkanes of at least 4 members (excludes halogenated alkanes) is 10. The molecule has 0 spiro atoms. The van der Waals surface area contributed by atoms with Crippen molar-refractivity contribution in [2.24, 2.45) is 0 Å². The van der Waals surface area contributed by atoms with Crippen LogP contribution in [0.4, 0.5) is 0 Å². The topological polar surface area (TPSA) is 128 Å². The predicted molar refractivity (Wildman–Crippen MR) is 210 cm³/mol. The lowest BCUT2D eigenvalue weighted by Gasteiger charge is -2.16. The molecule has 10 nitrogen and oxygen atoms in total. The van der Waals surface area contributed by atoms with E-state index in [0.717, 1.165) is 55.3 Å². The first-order valence-corrected chi connectivity index (χ1v) is 19.7. The van der Waals surface area contributed by atoms with Gasteiger partial charge in [-0.15, -0.1) is 10.2 Å². The van der Waals surface area contributed by atoms with Gasteiger partial charge in [-0.3, -0.25) is 9.89 Å². The normalized spacial score (nSPS) is 12.2. The summed E-state index contributed by atoms with van der Waals surface area (Å²) in [4.78, 5) is 40.2. The van der Waals surface area contributed by atoms with Crippen LogP contribution in [0.25, 0.3) is 5.65 Å². The number of amides is 1. The summed E-state index contributed by atoms with van der Waals surface area (Å²) >= 11 is 0. The Hall–Kier alpha value is -4.47. The van der Waals surface area contributed by atoms with Crippen LogP contribution in [0.15, 0.2) is 42.5 Å². The van der Waals surface area contributed by atoms with E-state index >= 15 is 0 Å². The van der Waals surface area contributed by atoms with Crippen molar-refractivity contribution in [1.82, 2.24) is 25.1 Å². The number of carbonyl (C=O) groups excluding carboxylic acids is 3. The van der Waals surface area contributed by atoms with Crippen LogP contribution in [-0.4, -0.2) is 50.9 Å². The first kappa shape index (κ1) is 41.3. The number of hydrogen-bond donors (Lipinski definition) is 2. The third-order valence-corrected chi connectivity index (χ3v) is 9.73. The first-order chi connectivity index (χ1) is 25.4. The number of H-pyrrole nitrogens is 1. The molecule has 2 heterocycles. The molecule has 0 aliphatic rings. The van der Waals surface area contributed by atoms with Gasteiger partial charge in [0.15, 0.2) is 11.5 Å². The van der Waals surface area contributed by atoms with Gasteiger partial charge in [0, 0.05) is 22.7 Å². The Morgan fingerprint density at radius 1 is 0.774 bits per heavy atom. The Kier molecular flexibility index (Phi) is 15.7. The average molecular weight is 728 g/mol. The summed E-state index contributed by atoms with van der Waals surface area (Å²) in [5, 5.41) is 15.1. The Labute approximate surface area is 315 Å². The molecular formula is C43H61N5O5. The number of nitrogens with one attached hydrogen (secondary N) is 2. The van der Waals surface area contributed by atoms with Gasteiger partial charge < -0.3 is 14.8 Å². The third kappa shape index (κ3) is 12.0. The second-order valence-electron chi connectivity index (χ2n) is 15.4. The Morgan fingerprint density at radius 2 is 1.40 bits per heavy atom. The maximum atomic E-state index is 13.7. The highest BCUT2D eigenvalue weighted by Crippen LogP contribution is 2.25. The average Bonchev–Trinajstić information content (AvgIpc) is 3.73. The molecule has 2 N–H and O–H groups in total. The molecule has 0 saturated carbocycles. The van der Waals surface area contributed by atoms with E-state index in [2.05, 4.69) is 55.2 Å². The lowest BCUT2D eigenvalue weighted by Crippen LogP contribution is -2.29. The number of aromatic nitrogens is 4. The monoisotopic (exact) mass is 727 g/mol. The molecule has 288 valence electrons. The van der Waals surface area contributed by atoms with Crippen molar-refractivity contribution in [2.75, 3.05) is 13.2 Å². The first-order valence-electron chi connectivity index (χ1n) is 19.7. The smallest absolute Gasteiger partial charge is 0.338 e. The number of ether oxygens (including phenoxy) is 2. The summed E-state index contributed by atoms with van der Waals surface area (Å²) < 4.78 is 13.1. The molecule has 1 amide bonds. The zero-order valence-electron chi connectivity index (χ0n) is 33.1. The molecule has 1 unspecified atom stereocenters. The van der Waals surface area contributed by atoms with Crippen molar-refractivity contribution in [2.45, 2.75) is 143 Å². The van der Waals surface area contributed by atoms with E-state index in [0.29, 0.717) is 53.4 Å². The van der Waals surface area contributed by atoms with Gasteiger partial charge in [0.25, 0.3) is 5.91 Å². The molecule has 2 aromatic carbocycles. The molecule has 0 radical (unpaired) electrons. The van der Waals surface area contributed by atoms with Gasteiger partial charge >= 0.3 is 11.9 Å². The molecule has 53 heavy (non-hydrogen) atoms. The fourth-order valence-electron chi connectivity index (χ4n) is 6.37. The number of fused-ring (bicyclic) bond motifs is 1. The molecule has 0 fully saturated rings. The number of esters is 2. The van der Waals surface area contributed by atoms with Crippen LogP contribution in [0.3, 0.4) is 0 Å². The van der Waals surface area contributed by atoms with E-state index in [4.69, 9.17) is 9.47 Å². The lowest BCUT2D eigenvalue weighted by atomic mass is 9.93. The largest absolute Gasteiger partial charge is 0.462 e. The summed E-state index contributed by atoms with van der Waals surface area (Å²) in [7, 11) is 0. The Balaban J connectivity index is 1.49. The number of carbonyl (C=O) groups is 3. The number of aryl methyl sites for hydroxylation is 1. The third-order valence-electron chi connectivity index (χ3n) is 9.73. The van der Waals surface area contributed by atoms with E-state index in [1.165, 1.54) is 38.5 Å². The minimum atomic E-state index is -0.431. The second kappa shape index (κ2) is 20.1. The van der Waals surface area contributed by atoms with Crippen LogP contribution in [-0.2, 0) is 21.3 Å². The highest BCUT2D eigenvalue weighted by atomic mass is 16.5. The second-order valence-corrected chi connectivity index (χ2v) is 15.4. The van der Waals surface area contributed by atoms with Crippen LogP contribution >= 0.6 is 0 Å². The van der Waals surface area contributed by atoms with Crippen molar-refractivity contribution >= 4 is 23.5 Å². The highest BCUT2D eigenvalue weighted by Gasteiger charge is 2.23. The minimum Gasteiger partial charge on any atom is -0.462 e. The molecule has 0 aliphatic carbocycles. The maximum absolute atomic E-state index is 13.7. The summed E-state index contributed by atoms with van der Waals surface area (Å²) in [6.45, 7) is 15.2. The van der Waals surface area contributed by atoms with Crippen LogP contribution in [0.5, 0.6) is 0 Å². The minimum absolute atomic E-state index is 0.0973. The summed E-state index contributed by atoms with van der Waals surface area (Å²) in [5.41, 5.74) is 5.19. The van der Waals surface area contributed by atoms with Gasteiger partial charge in [0.1, 0.15) is 0 Å². The van der Waals surface area contributed by atoms with Crippen LogP contribution in [0.1, 0.15) is 184 Å². The van der Waals surface area contributed by atoms with E-state index in [-0.39, 0.29) is 11.3 Å². The fraction of sp³-hybridized carbons (Fsp3) is 0.558. The van der Waals surface area contributed by atoms with Crippen molar-refractivity contribution in [3.05, 3.63) is 87.4 Å². The zero-order chi connectivity index (χ0) is 38.4. The van der Waals surface area contributed by atoms with E-state index in [1.807, 2.05) is 42.6 Å². The molecule has 2 aromatic heterocycles. The van der Waals surface area contributed by atoms with Gasteiger partial charge in [-0.1, -0.05) is 111 Å². The molecule has 0 bridgehead atoms. The predicted octanol–water partition coefficient (Wildman–Crippen LogP) is 9.78. The summed E-state index contributed by atoms with van der Waals surface area (Å²) in [6.07, 6.45) is 13.5. The lowest BCUT2D eigenvalue weighted by molar-refractivity contribution is 0.0482. The standard InChI is InChI=1S/C43H61N5O5/c1-8-10-12-14-16-18-24-52-41(50)33-22-23-35(42(51)53-25-19-17-15-13-11-9-2)34(28-33)26-32-21-20-30(3)36(27-32)40(49)44-31(4)39-46-45-38-29-37(43(5,6)7)47-48(38)39/h20-23,27-29,31,47H,8-19,24-26H2,1-7H3,(H,44,49). The molecule has 1 atom stereocenters. The highest BCUT2D eigenvalue weighted by molar-refractivity contribution is 5.96. The Bertz CT molecular complexity index is 1800. The maximum Gasteiger partial charge on any atom is 0.338 e. The van der Waals surface area contributed by atoms with Gasteiger partial charge in [0.2, 0.25) is 0 Å². The molecule has 4 rings (SSSR count). The zero-order valence-corrected chi connectivity index (χ0v) is 33.1. The number of nitrogens with zero attached hydrogens (tertiary/aromatic N) is 3. The van der Waals surface area contributed by atoms with E-state index in [9.17, 15) is 14.4 Å². The van der Waals surface area contributed by atoms with Gasteiger partial charge in [0.05, 0.1) is 30.4 Å². The van der Waals surface area contributed by atoms with E-state index in [1.54, 1.807) is 18.2 Å².